The lowest BCUT2D eigenvalue weighted by molar-refractivity contribution is 0.0934. The number of amides is 1. The first kappa shape index (κ1) is 14.6. The molecule has 0 unspecified atom stereocenters. The number of nitrogens with zero attached hydrogens (tertiary/aromatic N) is 2. The van der Waals surface area contributed by atoms with Crippen LogP contribution >= 0.6 is 0 Å². The molecule has 6 nitrogen and oxygen atoms in total. The van der Waals surface area contributed by atoms with Crippen LogP contribution in [0.3, 0.4) is 0 Å². The number of rotatable bonds is 6. The maximum Gasteiger partial charge on any atom is 0.343 e. The van der Waals surface area contributed by atoms with E-state index in [1.165, 1.54) is 25.5 Å². The van der Waals surface area contributed by atoms with Gasteiger partial charge in [-0.3, -0.25) is 9.78 Å². The number of nitrogens with one attached hydrogen (secondary N) is 2. The van der Waals surface area contributed by atoms with Gasteiger partial charge in [-0.25, -0.2) is 9.48 Å². The van der Waals surface area contributed by atoms with Gasteiger partial charge >= 0.3 is 5.69 Å². The largest absolute Gasteiger partial charge is 0.349 e. The van der Waals surface area contributed by atoms with Crippen LogP contribution in [0.5, 0.6) is 0 Å². The fraction of sp³-hybridized carbons (Fsp3) is 0.438. The van der Waals surface area contributed by atoms with Crippen LogP contribution in [-0.4, -0.2) is 27.2 Å². The monoisotopic (exact) mass is 300 g/mol. The van der Waals surface area contributed by atoms with Crippen LogP contribution in [0, 0.1) is 11.8 Å². The highest BCUT2D eigenvalue weighted by Crippen LogP contribution is 2.38. The predicted molar refractivity (Wildman–Crippen MR) is 82.5 cm³/mol. The molecular formula is C16H20N4O2. The number of aryl methyl sites for hydroxylation is 1. The smallest absolute Gasteiger partial charge is 0.343 e. The molecule has 0 spiro atoms. The first-order valence-electron chi connectivity index (χ1n) is 7.59. The van der Waals surface area contributed by atoms with E-state index in [9.17, 15) is 9.59 Å². The molecule has 1 aliphatic carbocycles. The first-order chi connectivity index (χ1) is 10.6. The van der Waals surface area contributed by atoms with Gasteiger partial charge in [0, 0.05) is 13.6 Å². The lowest BCUT2D eigenvalue weighted by Crippen LogP contribution is -2.32. The minimum Gasteiger partial charge on any atom is -0.349 e. The Morgan fingerprint density at radius 2 is 2.14 bits per heavy atom. The summed E-state index contributed by atoms with van der Waals surface area (Å²) in [6, 6.07) is 10.3. The molecule has 22 heavy (non-hydrogen) atoms. The second-order valence-corrected chi connectivity index (χ2v) is 5.90. The van der Waals surface area contributed by atoms with E-state index in [1.807, 2.05) is 18.2 Å². The Kier molecular flexibility index (Phi) is 4.09. The van der Waals surface area contributed by atoms with E-state index < -0.39 is 0 Å². The molecular weight excluding hydrogens is 280 g/mol. The molecule has 1 aliphatic rings. The average molecular weight is 300 g/mol. The molecule has 3 rings (SSSR count). The highest BCUT2D eigenvalue weighted by atomic mass is 16.2. The maximum atomic E-state index is 12.1. The summed E-state index contributed by atoms with van der Waals surface area (Å²) in [4.78, 5) is 25.8. The molecule has 1 amide bonds. The van der Waals surface area contributed by atoms with Crippen molar-refractivity contribution in [3.63, 3.8) is 0 Å². The molecule has 0 saturated heterocycles. The summed E-state index contributed by atoms with van der Waals surface area (Å²) < 4.78 is 1.12. The van der Waals surface area contributed by atoms with Crippen LogP contribution in [0.1, 0.15) is 29.0 Å². The normalized spacial score (nSPS) is 15.5. The van der Waals surface area contributed by atoms with Gasteiger partial charge in [0.1, 0.15) is 0 Å². The van der Waals surface area contributed by atoms with Crippen LogP contribution in [-0.2, 0) is 13.5 Å². The van der Waals surface area contributed by atoms with E-state index in [0.29, 0.717) is 18.4 Å². The van der Waals surface area contributed by atoms with Crippen molar-refractivity contribution in [2.75, 3.05) is 6.54 Å². The molecule has 1 atom stereocenters. The second kappa shape index (κ2) is 6.17. The number of carbonyl (C=O) groups excluding carboxylic acids is 1. The minimum absolute atomic E-state index is 0.0711. The first-order valence-corrected chi connectivity index (χ1v) is 7.59. The third-order valence-corrected chi connectivity index (χ3v) is 4.14. The minimum atomic E-state index is -0.381. The van der Waals surface area contributed by atoms with Crippen molar-refractivity contribution < 1.29 is 4.79 Å². The van der Waals surface area contributed by atoms with Crippen molar-refractivity contribution in [3.8, 4) is 0 Å². The maximum absolute atomic E-state index is 12.1. The van der Waals surface area contributed by atoms with Gasteiger partial charge in [-0.15, -0.1) is 5.10 Å². The molecule has 1 saturated carbocycles. The topological polar surface area (TPSA) is 79.8 Å². The van der Waals surface area contributed by atoms with Gasteiger partial charge in [-0.1, -0.05) is 30.3 Å². The van der Waals surface area contributed by atoms with E-state index in [0.717, 1.165) is 11.1 Å². The van der Waals surface area contributed by atoms with E-state index >= 15 is 0 Å². The van der Waals surface area contributed by atoms with Crippen molar-refractivity contribution in [2.24, 2.45) is 18.9 Å². The van der Waals surface area contributed by atoms with Gasteiger partial charge in [0.2, 0.25) is 5.82 Å². The van der Waals surface area contributed by atoms with Crippen LogP contribution < -0.4 is 11.0 Å². The van der Waals surface area contributed by atoms with Gasteiger partial charge in [0.25, 0.3) is 5.91 Å². The molecule has 1 fully saturated rings. The molecule has 2 N–H and O–H groups in total. The van der Waals surface area contributed by atoms with Crippen molar-refractivity contribution in [3.05, 3.63) is 52.2 Å². The number of hydrogen-bond acceptors (Lipinski definition) is 3. The number of aromatic nitrogens is 3. The Labute approximate surface area is 128 Å². The summed E-state index contributed by atoms with van der Waals surface area (Å²) in [6.45, 7) is 0.608. The quantitative estimate of drug-likeness (QED) is 0.838. The predicted octanol–water partition coefficient (Wildman–Crippen LogP) is 1.11. The van der Waals surface area contributed by atoms with Crippen molar-refractivity contribution in [2.45, 2.75) is 19.3 Å². The van der Waals surface area contributed by atoms with E-state index in [1.54, 1.807) is 0 Å². The number of H-pyrrole nitrogens is 1. The van der Waals surface area contributed by atoms with Gasteiger partial charge in [0.15, 0.2) is 0 Å². The SMILES string of the molecule is Cn1nc(C(=O)NC[C@H](Cc2ccccc2)C2CC2)[nH]c1=O. The Morgan fingerprint density at radius 1 is 1.41 bits per heavy atom. The van der Waals surface area contributed by atoms with Crippen LogP contribution in [0.2, 0.25) is 0 Å². The zero-order chi connectivity index (χ0) is 15.5. The van der Waals surface area contributed by atoms with Crippen LogP contribution in [0.25, 0.3) is 0 Å². The molecule has 0 bridgehead atoms. The molecule has 116 valence electrons. The standard InChI is InChI=1S/C16H20N4O2/c1-20-16(22)18-14(19-20)15(21)17-10-13(12-7-8-12)9-11-5-3-2-4-6-11/h2-6,12-13H,7-10H2,1H3,(H,17,21)(H,18,19,22)/t13-/m0/s1. The molecule has 1 aromatic heterocycles. The third-order valence-electron chi connectivity index (χ3n) is 4.14. The Hall–Kier alpha value is -2.37. The lowest BCUT2D eigenvalue weighted by Gasteiger charge is -2.16. The Morgan fingerprint density at radius 3 is 2.73 bits per heavy atom. The van der Waals surface area contributed by atoms with E-state index in [2.05, 4.69) is 27.5 Å². The summed E-state index contributed by atoms with van der Waals surface area (Å²) in [6.07, 6.45) is 3.42. The fourth-order valence-electron chi connectivity index (χ4n) is 2.70. The zero-order valence-electron chi connectivity index (χ0n) is 12.6. The molecule has 1 aromatic carbocycles. The van der Waals surface area contributed by atoms with Gasteiger partial charge < -0.3 is 5.32 Å². The summed E-state index contributed by atoms with van der Waals surface area (Å²) in [7, 11) is 1.51. The Bertz CT molecular complexity index is 700. The van der Waals surface area contributed by atoms with Crippen LogP contribution in [0.15, 0.2) is 35.1 Å². The van der Waals surface area contributed by atoms with Crippen molar-refractivity contribution in [1.82, 2.24) is 20.1 Å². The average Bonchev–Trinajstić information content (AvgIpc) is 3.31. The zero-order valence-corrected chi connectivity index (χ0v) is 12.6. The molecule has 2 aromatic rings. The fourth-order valence-corrected chi connectivity index (χ4v) is 2.70. The summed E-state index contributed by atoms with van der Waals surface area (Å²) in [5, 5.41) is 6.77. The summed E-state index contributed by atoms with van der Waals surface area (Å²) >= 11 is 0. The second-order valence-electron chi connectivity index (χ2n) is 5.90. The molecule has 6 heteroatoms. The Balaban J connectivity index is 1.60. The number of carbonyl (C=O) groups is 1. The number of hydrogen-bond donors (Lipinski definition) is 2. The van der Waals surface area contributed by atoms with Gasteiger partial charge in [0.05, 0.1) is 0 Å². The van der Waals surface area contributed by atoms with E-state index in [-0.39, 0.29) is 17.4 Å². The van der Waals surface area contributed by atoms with Gasteiger partial charge in [-0.2, -0.15) is 0 Å². The highest BCUT2D eigenvalue weighted by molar-refractivity contribution is 5.90. The number of aromatic amines is 1. The lowest BCUT2D eigenvalue weighted by atomic mass is 9.94. The number of benzene rings is 1. The summed E-state index contributed by atoms with van der Waals surface area (Å²) in [5.41, 5.74) is 0.910. The van der Waals surface area contributed by atoms with Crippen LogP contribution in [0.4, 0.5) is 0 Å². The van der Waals surface area contributed by atoms with Crippen molar-refractivity contribution >= 4 is 5.91 Å². The van der Waals surface area contributed by atoms with Gasteiger partial charge in [-0.05, 0) is 36.7 Å². The van der Waals surface area contributed by atoms with Crippen molar-refractivity contribution in [1.29, 1.82) is 0 Å². The van der Waals surface area contributed by atoms with E-state index in [4.69, 9.17) is 0 Å². The highest BCUT2D eigenvalue weighted by Gasteiger charge is 2.31. The third kappa shape index (κ3) is 3.44. The molecule has 0 radical (unpaired) electrons. The summed E-state index contributed by atoms with van der Waals surface area (Å²) in [5.74, 6) is 0.864. The molecule has 0 aliphatic heterocycles. The molecule has 1 heterocycles.